The molecular formula is C53H96. The van der Waals surface area contributed by atoms with Crippen molar-refractivity contribution < 1.29 is 0 Å². The highest BCUT2D eigenvalue weighted by atomic mass is 14.5. The molecule has 0 saturated heterocycles. The molecule has 0 heteroatoms. The van der Waals surface area contributed by atoms with E-state index in [9.17, 15) is 0 Å². The molecular weight excluding hydrogens is 637 g/mol. The minimum Gasteiger partial charge on any atom is -0.0882 e. The monoisotopic (exact) mass is 733 g/mol. The summed E-state index contributed by atoms with van der Waals surface area (Å²) in [7, 11) is 0. The Kier molecular flexibility index (Phi) is 17.8. The van der Waals surface area contributed by atoms with Crippen molar-refractivity contribution in [2.24, 2.45) is 101 Å². The van der Waals surface area contributed by atoms with Crippen LogP contribution < -0.4 is 0 Å². The second-order valence-corrected chi connectivity index (χ2v) is 21.0. The van der Waals surface area contributed by atoms with Gasteiger partial charge in [0.2, 0.25) is 0 Å². The molecule has 0 aromatic heterocycles. The van der Waals surface area contributed by atoms with Crippen molar-refractivity contribution in [3.8, 4) is 0 Å². The van der Waals surface area contributed by atoms with Gasteiger partial charge in [0.05, 0.1) is 0 Å². The Morgan fingerprint density at radius 1 is 0.547 bits per heavy atom. The van der Waals surface area contributed by atoms with Crippen molar-refractivity contribution in [1.29, 1.82) is 0 Å². The van der Waals surface area contributed by atoms with Gasteiger partial charge in [0.1, 0.15) is 0 Å². The largest absolute Gasteiger partial charge is 0.0882 e. The molecule has 0 aromatic rings. The van der Waals surface area contributed by atoms with Gasteiger partial charge in [0, 0.05) is 0 Å². The number of fused-ring (bicyclic) bond motifs is 7. The van der Waals surface area contributed by atoms with E-state index >= 15 is 0 Å². The van der Waals surface area contributed by atoms with Crippen LogP contribution in [0.15, 0.2) is 12.2 Å². The van der Waals surface area contributed by atoms with Crippen molar-refractivity contribution in [1.82, 2.24) is 0 Å². The molecule has 6 fully saturated rings. The van der Waals surface area contributed by atoms with E-state index < -0.39 is 0 Å². The normalized spacial score (nSPS) is 45.0. The van der Waals surface area contributed by atoms with Crippen LogP contribution in [0.4, 0.5) is 0 Å². The first-order valence-corrected chi connectivity index (χ1v) is 25.1. The average Bonchev–Trinajstić information content (AvgIpc) is 3.47. The smallest absolute Gasteiger partial charge is 0.0171 e. The number of hydrogen-bond acceptors (Lipinski definition) is 0. The molecule has 0 heterocycles. The Bertz CT molecular complexity index is 1040. The third kappa shape index (κ3) is 10.1. The highest BCUT2D eigenvalue weighted by Crippen LogP contribution is 2.58. The standard InChI is InChI=1S/C50H86.C2H6.CH4/c1-6-16-38(42-31-32-48-41(7-2)44(26-14-17-34(42)3)46-22-10-11-23-47(46)48)20-15-25-43-35(4)27-28-36(5)50(49-24-13-12-21-45(43)49)40-30-29-37-18-8-9-19-39(37)33-40;1-2;/h10,22,34-50H,6-9,11-21,23-33H2,1-5H3;1-2H3;1H4. The second kappa shape index (κ2) is 21.5. The highest BCUT2D eigenvalue weighted by molar-refractivity contribution is 5.08. The summed E-state index contributed by atoms with van der Waals surface area (Å²) >= 11 is 0. The fourth-order valence-electron chi connectivity index (χ4n) is 16.6. The zero-order valence-corrected chi connectivity index (χ0v) is 36.4. The summed E-state index contributed by atoms with van der Waals surface area (Å²) in [5, 5.41) is 0. The first kappa shape index (κ1) is 43.9. The summed E-state index contributed by atoms with van der Waals surface area (Å²) in [6.07, 6.45) is 45.2. The summed E-state index contributed by atoms with van der Waals surface area (Å²) in [4.78, 5) is 0. The van der Waals surface area contributed by atoms with Gasteiger partial charge in [-0.3, -0.25) is 0 Å². The minimum absolute atomic E-state index is 0. The van der Waals surface area contributed by atoms with Crippen molar-refractivity contribution in [2.75, 3.05) is 0 Å². The van der Waals surface area contributed by atoms with Crippen LogP contribution in [0.5, 0.6) is 0 Å². The van der Waals surface area contributed by atoms with E-state index in [-0.39, 0.29) is 7.43 Å². The van der Waals surface area contributed by atoms with Crippen LogP contribution in [-0.4, -0.2) is 0 Å². The van der Waals surface area contributed by atoms with E-state index in [2.05, 4.69) is 46.8 Å². The zero-order valence-electron chi connectivity index (χ0n) is 36.4. The predicted octanol–water partition coefficient (Wildman–Crippen LogP) is 17.0. The lowest BCUT2D eigenvalue weighted by Gasteiger charge is -2.52. The SMILES string of the molecule is C.CC.CCCC(CCCC1C(C)CCC(C)C(C2CCC3CCCCC3C2)C2CCCCC12)C1CCC2C3CCC=CC3C(CCCC1C)C2CC. The van der Waals surface area contributed by atoms with Gasteiger partial charge in [-0.25, -0.2) is 0 Å². The number of hydrogen-bond donors (Lipinski definition) is 0. The van der Waals surface area contributed by atoms with Gasteiger partial charge < -0.3 is 0 Å². The molecule has 0 aliphatic heterocycles. The molecule has 17 atom stereocenters. The zero-order chi connectivity index (χ0) is 36.6. The number of rotatable bonds is 9. The molecule has 7 rings (SSSR count). The molecule has 0 spiro atoms. The Morgan fingerprint density at radius 3 is 2.00 bits per heavy atom. The van der Waals surface area contributed by atoms with E-state index in [1.807, 2.05) is 13.8 Å². The van der Waals surface area contributed by atoms with Crippen LogP contribution in [0.1, 0.15) is 223 Å². The van der Waals surface area contributed by atoms with Crippen LogP contribution in [0.25, 0.3) is 0 Å². The van der Waals surface area contributed by atoms with E-state index in [4.69, 9.17) is 0 Å². The number of allylic oxidation sites excluding steroid dienone is 2. The third-order valence-electron chi connectivity index (χ3n) is 18.8. The molecule has 0 N–H and O–H groups in total. The molecule has 2 bridgehead atoms. The van der Waals surface area contributed by atoms with Gasteiger partial charge in [-0.05, 0) is 171 Å². The maximum Gasteiger partial charge on any atom is -0.0171 e. The van der Waals surface area contributed by atoms with Gasteiger partial charge in [-0.1, -0.05) is 164 Å². The van der Waals surface area contributed by atoms with Crippen LogP contribution in [-0.2, 0) is 0 Å². The summed E-state index contributed by atoms with van der Waals surface area (Å²) in [5.41, 5.74) is 0. The third-order valence-corrected chi connectivity index (χ3v) is 18.8. The minimum atomic E-state index is 0. The van der Waals surface area contributed by atoms with E-state index in [0.717, 1.165) is 101 Å². The summed E-state index contributed by atoms with van der Waals surface area (Å²) in [5.74, 6) is 17.3. The fraction of sp³-hybridized carbons (Fsp3) is 0.962. The molecule has 308 valence electrons. The van der Waals surface area contributed by atoms with Crippen LogP contribution >= 0.6 is 0 Å². The van der Waals surface area contributed by atoms with Gasteiger partial charge in [-0.2, -0.15) is 0 Å². The van der Waals surface area contributed by atoms with Crippen LogP contribution in [0.3, 0.4) is 0 Å². The molecule has 7 aliphatic rings. The summed E-state index contributed by atoms with van der Waals surface area (Å²) in [6, 6.07) is 0. The summed E-state index contributed by atoms with van der Waals surface area (Å²) < 4.78 is 0. The fourth-order valence-corrected chi connectivity index (χ4v) is 16.6. The van der Waals surface area contributed by atoms with Gasteiger partial charge >= 0.3 is 0 Å². The van der Waals surface area contributed by atoms with Gasteiger partial charge in [-0.15, -0.1) is 0 Å². The summed E-state index contributed by atoms with van der Waals surface area (Å²) in [6.45, 7) is 17.3. The topological polar surface area (TPSA) is 0 Å². The van der Waals surface area contributed by atoms with Crippen molar-refractivity contribution >= 4 is 0 Å². The maximum absolute atomic E-state index is 2.74. The van der Waals surface area contributed by atoms with Crippen molar-refractivity contribution in [3.05, 3.63) is 12.2 Å². The predicted molar refractivity (Wildman–Crippen MR) is 235 cm³/mol. The van der Waals surface area contributed by atoms with Gasteiger partial charge in [0.15, 0.2) is 0 Å². The first-order chi connectivity index (χ1) is 25.5. The highest BCUT2D eigenvalue weighted by Gasteiger charge is 2.49. The van der Waals surface area contributed by atoms with Crippen molar-refractivity contribution in [3.63, 3.8) is 0 Å². The molecule has 17 unspecified atom stereocenters. The molecule has 0 radical (unpaired) electrons. The van der Waals surface area contributed by atoms with E-state index in [1.165, 1.54) is 89.9 Å². The molecule has 0 nitrogen and oxygen atoms in total. The molecule has 6 saturated carbocycles. The van der Waals surface area contributed by atoms with Gasteiger partial charge in [0.25, 0.3) is 0 Å². The second-order valence-electron chi connectivity index (χ2n) is 21.0. The Hall–Kier alpha value is -0.260. The van der Waals surface area contributed by atoms with Crippen LogP contribution in [0, 0.1) is 101 Å². The Labute approximate surface area is 334 Å². The first-order valence-electron chi connectivity index (χ1n) is 25.1. The molecule has 7 aliphatic carbocycles. The molecule has 0 aromatic carbocycles. The lowest BCUT2D eigenvalue weighted by Crippen LogP contribution is -2.44. The molecule has 0 amide bonds. The van der Waals surface area contributed by atoms with E-state index in [0.29, 0.717) is 0 Å². The van der Waals surface area contributed by atoms with Crippen molar-refractivity contribution in [2.45, 2.75) is 223 Å². The van der Waals surface area contributed by atoms with Crippen LogP contribution in [0.2, 0.25) is 0 Å². The maximum atomic E-state index is 2.74. The molecule has 53 heavy (non-hydrogen) atoms. The Balaban J connectivity index is 0.00000178. The Morgan fingerprint density at radius 2 is 1.23 bits per heavy atom. The average molecular weight is 733 g/mol. The quantitative estimate of drug-likeness (QED) is 0.207. The van der Waals surface area contributed by atoms with E-state index in [1.54, 1.807) is 77.0 Å². The lowest BCUT2D eigenvalue weighted by atomic mass is 9.53. The lowest BCUT2D eigenvalue weighted by molar-refractivity contribution is -0.0256.